The molecule has 21 heavy (non-hydrogen) atoms. The van der Waals surface area contributed by atoms with Gasteiger partial charge in [0.25, 0.3) is 0 Å². The van der Waals surface area contributed by atoms with E-state index in [9.17, 15) is 4.79 Å². The number of fused-ring (bicyclic) bond motifs is 1. The summed E-state index contributed by atoms with van der Waals surface area (Å²) in [5, 5.41) is 7.67. The van der Waals surface area contributed by atoms with Crippen molar-refractivity contribution in [3.8, 4) is 0 Å². The molecule has 116 valence electrons. The van der Waals surface area contributed by atoms with Crippen LogP contribution >= 0.6 is 0 Å². The predicted octanol–water partition coefficient (Wildman–Crippen LogP) is 3.13. The molecule has 1 N–H and O–H groups in total. The Bertz CT molecular complexity index is 526. The average Bonchev–Trinajstić information content (AvgIpc) is 2.99. The summed E-state index contributed by atoms with van der Waals surface area (Å²) in [7, 11) is 2.00. The number of rotatable bonds is 3. The van der Waals surface area contributed by atoms with E-state index in [4.69, 9.17) is 0 Å². The van der Waals surface area contributed by atoms with Gasteiger partial charge in [-0.25, -0.2) is 0 Å². The second-order valence-corrected chi connectivity index (χ2v) is 7.69. The molecule has 1 aromatic rings. The lowest BCUT2D eigenvalue weighted by atomic mass is 9.74. The Kier molecular flexibility index (Phi) is 3.80. The van der Waals surface area contributed by atoms with Crippen molar-refractivity contribution in [3.63, 3.8) is 0 Å². The van der Waals surface area contributed by atoms with E-state index < -0.39 is 0 Å². The number of carbonyl (C=O) groups is 1. The van der Waals surface area contributed by atoms with E-state index in [0.29, 0.717) is 12.3 Å². The Morgan fingerprint density at radius 1 is 1.43 bits per heavy atom. The van der Waals surface area contributed by atoms with E-state index in [1.807, 2.05) is 17.9 Å². The summed E-state index contributed by atoms with van der Waals surface area (Å²) in [6.07, 6.45) is 9.71. The lowest BCUT2D eigenvalue weighted by Gasteiger charge is -2.35. The van der Waals surface area contributed by atoms with Crippen molar-refractivity contribution in [2.24, 2.45) is 18.4 Å². The van der Waals surface area contributed by atoms with Gasteiger partial charge in [-0.2, -0.15) is 5.10 Å². The quantitative estimate of drug-likeness (QED) is 0.929. The molecular formula is C17H27N3O. The molecule has 0 aliphatic heterocycles. The van der Waals surface area contributed by atoms with Gasteiger partial charge >= 0.3 is 0 Å². The summed E-state index contributed by atoms with van der Waals surface area (Å²) < 4.78 is 1.96. The highest BCUT2D eigenvalue weighted by atomic mass is 16.1. The topological polar surface area (TPSA) is 46.9 Å². The van der Waals surface area contributed by atoms with Gasteiger partial charge in [0.15, 0.2) is 0 Å². The molecule has 0 spiro atoms. The van der Waals surface area contributed by atoms with Crippen LogP contribution in [0.15, 0.2) is 6.20 Å². The maximum atomic E-state index is 12.4. The van der Waals surface area contributed by atoms with Crippen LogP contribution in [0.1, 0.15) is 69.7 Å². The van der Waals surface area contributed by atoms with Crippen molar-refractivity contribution >= 4 is 5.91 Å². The maximum Gasteiger partial charge on any atom is 0.220 e. The number of nitrogens with one attached hydrogen (secondary N) is 1. The number of aromatic nitrogens is 2. The molecule has 4 nitrogen and oxygen atoms in total. The predicted molar refractivity (Wildman–Crippen MR) is 82.8 cm³/mol. The van der Waals surface area contributed by atoms with Crippen molar-refractivity contribution in [2.75, 3.05) is 0 Å². The molecule has 1 fully saturated rings. The van der Waals surface area contributed by atoms with Crippen molar-refractivity contribution in [1.29, 1.82) is 0 Å². The van der Waals surface area contributed by atoms with Gasteiger partial charge in [0.05, 0.1) is 12.2 Å². The number of hydrogen-bond acceptors (Lipinski definition) is 2. The van der Waals surface area contributed by atoms with Gasteiger partial charge in [0.1, 0.15) is 0 Å². The summed E-state index contributed by atoms with van der Waals surface area (Å²) >= 11 is 0. The Hall–Kier alpha value is -1.32. The summed E-state index contributed by atoms with van der Waals surface area (Å²) in [6, 6.07) is 0.131. The summed E-state index contributed by atoms with van der Waals surface area (Å²) in [6.45, 7) is 4.55. The van der Waals surface area contributed by atoms with E-state index in [1.54, 1.807) is 0 Å². The van der Waals surface area contributed by atoms with Crippen LogP contribution in [0.25, 0.3) is 0 Å². The molecule has 1 saturated carbocycles. The van der Waals surface area contributed by atoms with Crippen LogP contribution in [0, 0.1) is 11.3 Å². The van der Waals surface area contributed by atoms with Gasteiger partial charge in [-0.3, -0.25) is 9.48 Å². The molecule has 4 heteroatoms. The van der Waals surface area contributed by atoms with Gasteiger partial charge in [-0.15, -0.1) is 0 Å². The lowest BCUT2D eigenvalue weighted by Crippen LogP contribution is -2.37. The SMILES string of the molecule is Cn1ncc2c1CC(C)(C)CC2NC(=O)CC1CCCC1. The van der Waals surface area contributed by atoms with Gasteiger partial charge in [-0.1, -0.05) is 26.7 Å². The molecule has 1 aromatic heterocycles. The van der Waals surface area contributed by atoms with Gasteiger partial charge < -0.3 is 5.32 Å². The first-order valence-electron chi connectivity index (χ1n) is 8.25. The van der Waals surface area contributed by atoms with Crippen LogP contribution in [-0.2, 0) is 18.3 Å². The largest absolute Gasteiger partial charge is 0.349 e. The van der Waals surface area contributed by atoms with Crippen LogP contribution in [0.3, 0.4) is 0 Å². The number of amides is 1. The fourth-order valence-electron chi connectivity index (χ4n) is 4.03. The molecule has 0 aromatic carbocycles. The van der Waals surface area contributed by atoms with E-state index in [-0.39, 0.29) is 17.4 Å². The third-order valence-electron chi connectivity index (χ3n) is 5.16. The van der Waals surface area contributed by atoms with Crippen LogP contribution in [0.5, 0.6) is 0 Å². The minimum Gasteiger partial charge on any atom is -0.349 e. The molecule has 0 radical (unpaired) electrons. The van der Waals surface area contributed by atoms with E-state index >= 15 is 0 Å². The number of carbonyl (C=O) groups excluding carboxylic acids is 1. The van der Waals surface area contributed by atoms with Gasteiger partial charge in [0.2, 0.25) is 5.91 Å². The fraction of sp³-hybridized carbons (Fsp3) is 0.765. The smallest absolute Gasteiger partial charge is 0.220 e. The Morgan fingerprint density at radius 3 is 2.86 bits per heavy atom. The molecule has 2 aliphatic rings. The second-order valence-electron chi connectivity index (χ2n) is 7.69. The second kappa shape index (κ2) is 5.47. The highest BCUT2D eigenvalue weighted by Gasteiger charge is 2.35. The highest BCUT2D eigenvalue weighted by molar-refractivity contribution is 5.76. The molecule has 1 heterocycles. The number of hydrogen-bond donors (Lipinski definition) is 1. The zero-order chi connectivity index (χ0) is 15.0. The van der Waals surface area contributed by atoms with Crippen LogP contribution < -0.4 is 5.32 Å². The molecular weight excluding hydrogens is 262 g/mol. The van der Waals surface area contributed by atoms with Crippen LogP contribution in [-0.4, -0.2) is 15.7 Å². The lowest BCUT2D eigenvalue weighted by molar-refractivity contribution is -0.123. The number of nitrogens with zero attached hydrogens (tertiary/aromatic N) is 2. The van der Waals surface area contributed by atoms with Crippen LogP contribution in [0.4, 0.5) is 0 Å². The monoisotopic (exact) mass is 289 g/mol. The molecule has 1 atom stereocenters. The number of aryl methyl sites for hydroxylation is 1. The summed E-state index contributed by atoms with van der Waals surface area (Å²) in [5.74, 6) is 0.828. The summed E-state index contributed by atoms with van der Waals surface area (Å²) in [4.78, 5) is 12.4. The first-order chi connectivity index (χ1) is 9.94. The maximum absolute atomic E-state index is 12.4. The van der Waals surface area contributed by atoms with Crippen molar-refractivity contribution in [2.45, 2.75) is 64.8 Å². The first kappa shape index (κ1) is 14.6. The molecule has 0 bridgehead atoms. The van der Waals surface area contributed by atoms with Gasteiger partial charge in [-0.05, 0) is 37.0 Å². The van der Waals surface area contributed by atoms with Crippen LogP contribution in [0.2, 0.25) is 0 Å². The van der Waals surface area contributed by atoms with Crippen molar-refractivity contribution in [3.05, 3.63) is 17.5 Å². The van der Waals surface area contributed by atoms with Crippen molar-refractivity contribution < 1.29 is 4.79 Å². The minimum atomic E-state index is 0.131. The molecule has 3 rings (SSSR count). The third-order valence-corrected chi connectivity index (χ3v) is 5.16. The molecule has 1 unspecified atom stereocenters. The zero-order valence-electron chi connectivity index (χ0n) is 13.5. The Morgan fingerprint density at radius 2 is 2.14 bits per heavy atom. The zero-order valence-corrected chi connectivity index (χ0v) is 13.5. The highest BCUT2D eigenvalue weighted by Crippen LogP contribution is 2.40. The van der Waals surface area contributed by atoms with E-state index in [1.165, 1.54) is 36.9 Å². The Balaban J connectivity index is 1.70. The minimum absolute atomic E-state index is 0.131. The Labute approximate surface area is 127 Å². The molecule has 1 amide bonds. The molecule has 2 aliphatic carbocycles. The van der Waals surface area contributed by atoms with Crippen molar-refractivity contribution in [1.82, 2.24) is 15.1 Å². The van der Waals surface area contributed by atoms with E-state index in [2.05, 4.69) is 24.3 Å². The fourth-order valence-corrected chi connectivity index (χ4v) is 4.03. The third kappa shape index (κ3) is 3.14. The van der Waals surface area contributed by atoms with Gasteiger partial charge in [0, 0.05) is 24.7 Å². The first-order valence-corrected chi connectivity index (χ1v) is 8.25. The standard InChI is InChI=1S/C17H27N3O/c1-17(2)9-14(13-11-18-20(3)15(13)10-17)19-16(21)8-12-6-4-5-7-12/h11-12,14H,4-10H2,1-3H3,(H,19,21). The average molecular weight is 289 g/mol. The normalized spacial score (nSPS) is 24.8. The molecule has 0 saturated heterocycles. The summed E-state index contributed by atoms with van der Waals surface area (Å²) in [5.41, 5.74) is 2.71. The van der Waals surface area contributed by atoms with E-state index in [0.717, 1.165) is 12.8 Å².